The van der Waals surface area contributed by atoms with Gasteiger partial charge in [0.25, 0.3) is 0 Å². The summed E-state index contributed by atoms with van der Waals surface area (Å²) in [5, 5.41) is 0. The van der Waals surface area contributed by atoms with Gasteiger partial charge in [-0.25, -0.2) is 13.2 Å². The predicted octanol–water partition coefficient (Wildman–Crippen LogP) is 5.71. The molecule has 0 aliphatic rings. The molecular formula is C16H14BrF3. The van der Waals surface area contributed by atoms with Crippen LogP contribution in [0.15, 0.2) is 36.4 Å². The molecule has 0 N–H and O–H groups in total. The van der Waals surface area contributed by atoms with E-state index in [0.717, 1.165) is 11.1 Å². The van der Waals surface area contributed by atoms with E-state index in [1.807, 2.05) is 24.3 Å². The topological polar surface area (TPSA) is 0 Å². The first-order valence-electron chi connectivity index (χ1n) is 6.28. The lowest BCUT2D eigenvalue weighted by molar-refractivity contribution is 0.527. The van der Waals surface area contributed by atoms with Crippen LogP contribution in [0.5, 0.6) is 0 Å². The average Bonchev–Trinajstić information content (AvgIpc) is 2.37. The maximum absolute atomic E-state index is 13.7. The van der Waals surface area contributed by atoms with Crippen molar-refractivity contribution in [2.24, 2.45) is 0 Å². The molecule has 2 aromatic carbocycles. The van der Waals surface area contributed by atoms with E-state index in [4.69, 9.17) is 0 Å². The lowest BCUT2D eigenvalue weighted by Gasteiger charge is -2.14. The highest BCUT2D eigenvalue weighted by Gasteiger charge is 2.20. The zero-order valence-corrected chi connectivity index (χ0v) is 12.7. The largest absolute Gasteiger partial charge is 0.207 e. The first kappa shape index (κ1) is 15.1. The highest BCUT2D eigenvalue weighted by atomic mass is 79.9. The van der Waals surface area contributed by atoms with Gasteiger partial charge < -0.3 is 0 Å². The third kappa shape index (κ3) is 3.06. The summed E-state index contributed by atoms with van der Waals surface area (Å²) in [7, 11) is 0. The Morgan fingerprint density at radius 1 is 0.850 bits per heavy atom. The number of halogens is 4. The first-order valence-corrected chi connectivity index (χ1v) is 7.20. The molecule has 0 aliphatic carbocycles. The maximum atomic E-state index is 13.7. The summed E-state index contributed by atoms with van der Waals surface area (Å²) in [4.78, 5) is -0.649. The molecule has 0 spiro atoms. The molecule has 0 bridgehead atoms. The van der Waals surface area contributed by atoms with Gasteiger partial charge in [-0.1, -0.05) is 54.0 Å². The Morgan fingerprint density at radius 2 is 1.30 bits per heavy atom. The summed E-state index contributed by atoms with van der Waals surface area (Å²) >= 11 is 3.28. The molecule has 1 unspecified atom stereocenters. The number of rotatable bonds is 3. The van der Waals surface area contributed by atoms with Gasteiger partial charge in [-0.05, 0) is 17.0 Å². The van der Waals surface area contributed by atoms with Gasteiger partial charge in [-0.15, -0.1) is 0 Å². The Labute approximate surface area is 124 Å². The summed E-state index contributed by atoms with van der Waals surface area (Å²) < 4.78 is 40.4. The molecule has 0 saturated heterocycles. The fourth-order valence-corrected chi connectivity index (χ4v) is 2.75. The summed E-state index contributed by atoms with van der Waals surface area (Å²) in [5.74, 6) is -2.31. The van der Waals surface area contributed by atoms with Gasteiger partial charge in [0.05, 0.1) is 4.83 Å². The Hall–Kier alpha value is -1.29. The minimum absolute atomic E-state index is 0.177. The van der Waals surface area contributed by atoms with Crippen molar-refractivity contribution in [1.29, 1.82) is 0 Å². The highest BCUT2D eigenvalue weighted by molar-refractivity contribution is 9.09. The van der Waals surface area contributed by atoms with Crippen LogP contribution in [-0.2, 0) is 0 Å². The van der Waals surface area contributed by atoms with Crippen LogP contribution in [0.25, 0.3) is 0 Å². The Morgan fingerprint density at radius 3 is 1.75 bits per heavy atom. The molecule has 0 fully saturated rings. The van der Waals surface area contributed by atoms with E-state index in [1.165, 1.54) is 0 Å². The van der Waals surface area contributed by atoms with E-state index in [1.54, 1.807) is 0 Å². The van der Waals surface area contributed by atoms with Crippen molar-refractivity contribution in [2.45, 2.75) is 24.6 Å². The van der Waals surface area contributed by atoms with Crippen LogP contribution < -0.4 is 0 Å². The van der Waals surface area contributed by atoms with Crippen LogP contribution >= 0.6 is 15.9 Å². The number of hydrogen-bond donors (Lipinski definition) is 0. The second kappa shape index (κ2) is 6.00. The quantitative estimate of drug-likeness (QED) is 0.626. The number of alkyl halides is 1. The van der Waals surface area contributed by atoms with Crippen LogP contribution in [0.3, 0.4) is 0 Å². The lowest BCUT2D eigenvalue weighted by atomic mass is 9.98. The fraction of sp³-hybridized carbons (Fsp3) is 0.250. The highest BCUT2D eigenvalue weighted by Crippen LogP contribution is 2.35. The molecule has 1 atom stereocenters. The van der Waals surface area contributed by atoms with Crippen LogP contribution in [0, 0.1) is 17.5 Å². The molecule has 0 aliphatic heterocycles. The van der Waals surface area contributed by atoms with Crippen molar-refractivity contribution in [1.82, 2.24) is 0 Å². The monoisotopic (exact) mass is 342 g/mol. The van der Waals surface area contributed by atoms with Gasteiger partial charge in [-0.2, -0.15) is 0 Å². The summed E-state index contributed by atoms with van der Waals surface area (Å²) in [5.41, 5.74) is 1.69. The van der Waals surface area contributed by atoms with Gasteiger partial charge in [0, 0.05) is 17.7 Å². The van der Waals surface area contributed by atoms with Crippen LogP contribution in [0.4, 0.5) is 13.2 Å². The molecule has 0 saturated carbocycles. The van der Waals surface area contributed by atoms with Crippen LogP contribution in [0.2, 0.25) is 0 Å². The molecule has 4 heteroatoms. The van der Waals surface area contributed by atoms with Gasteiger partial charge in [0.15, 0.2) is 0 Å². The zero-order chi connectivity index (χ0) is 14.9. The second-order valence-corrected chi connectivity index (χ2v) is 5.88. The van der Waals surface area contributed by atoms with E-state index >= 15 is 0 Å². The van der Waals surface area contributed by atoms with Gasteiger partial charge in [0.2, 0.25) is 0 Å². The SMILES string of the molecule is CC(C)c1ccc(C(Br)c2c(F)cc(F)cc2F)cc1. The molecule has 0 radical (unpaired) electrons. The standard InChI is InChI=1S/C16H14BrF3/c1-9(2)10-3-5-11(6-4-10)16(17)15-13(19)7-12(18)8-14(15)20/h3-9,16H,1-2H3. The van der Waals surface area contributed by atoms with Crippen molar-refractivity contribution in [3.8, 4) is 0 Å². The zero-order valence-electron chi connectivity index (χ0n) is 11.1. The van der Waals surface area contributed by atoms with Crippen molar-refractivity contribution >= 4 is 15.9 Å². The van der Waals surface area contributed by atoms with E-state index < -0.39 is 22.3 Å². The third-order valence-electron chi connectivity index (χ3n) is 3.19. The molecule has 0 nitrogen and oxygen atoms in total. The molecule has 106 valence electrons. The molecule has 0 aromatic heterocycles. The second-order valence-electron chi connectivity index (χ2n) is 4.97. The average molecular weight is 343 g/mol. The van der Waals surface area contributed by atoms with Gasteiger partial charge in [0.1, 0.15) is 17.5 Å². The number of benzene rings is 2. The van der Waals surface area contributed by atoms with E-state index in [2.05, 4.69) is 29.8 Å². The smallest absolute Gasteiger partial charge is 0.133 e. The Bertz CT molecular complexity index is 583. The van der Waals surface area contributed by atoms with E-state index in [9.17, 15) is 13.2 Å². The molecule has 2 aromatic rings. The summed E-state index contributed by atoms with van der Waals surface area (Å²) in [6, 6.07) is 8.86. The van der Waals surface area contributed by atoms with Crippen molar-refractivity contribution in [2.75, 3.05) is 0 Å². The van der Waals surface area contributed by atoms with Crippen LogP contribution in [-0.4, -0.2) is 0 Å². The normalized spacial score (nSPS) is 12.8. The third-order valence-corrected chi connectivity index (χ3v) is 4.18. The van der Waals surface area contributed by atoms with E-state index in [0.29, 0.717) is 18.1 Å². The van der Waals surface area contributed by atoms with E-state index in [-0.39, 0.29) is 5.56 Å². The summed E-state index contributed by atoms with van der Waals surface area (Å²) in [6.07, 6.45) is 0. The van der Waals surface area contributed by atoms with Gasteiger partial charge >= 0.3 is 0 Å². The van der Waals surface area contributed by atoms with Crippen molar-refractivity contribution < 1.29 is 13.2 Å². The predicted molar refractivity (Wildman–Crippen MR) is 77.6 cm³/mol. The van der Waals surface area contributed by atoms with Crippen molar-refractivity contribution in [3.63, 3.8) is 0 Å². The summed E-state index contributed by atoms with van der Waals surface area (Å²) in [6.45, 7) is 4.14. The molecular weight excluding hydrogens is 329 g/mol. The lowest BCUT2D eigenvalue weighted by Crippen LogP contribution is -2.02. The molecule has 20 heavy (non-hydrogen) atoms. The Kier molecular flexibility index (Phi) is 4.53. The minimum atomic E-state index is -0.918. The maximum Gasteiger partial charge on any atom is 0.133 e. The molecule has 0 amide bonds. The minimum Gasteiger partial charge on any atom is -0.207 e. The van der Waals surface area contributed by atoms with Crippen LogP contribution in [0.1, 0.15) is 41.3 Å². The van der Waals surface area contributed by atoms with Crippen molar-refractivity contribution in [3.05, 3.63) is 70.5 Å². The fourth-order valence-electron chi connectivity index (χ4n) is 2.01. The van der Waals surface area contributed by atoms with Gasteiger partial charge in [-0.3, -0.25) is 0 Å². The Balaban J connectivity index is 2.38. The first-order chi connectivity index (χ1) is 9.40. The number of hydrogen-bond acceptors (Lipinski definition) is 0. The molecule has 0 heterocycles. The molecule has 2 rings (SSSR count).